The second-order valence-corrected chi connectivity index (χ2v) is 10.6. The van der Waals surface area contributed by atoms with Crippen molar-refractivity contribution in [1.82, 2.24) is 5.32 Å². The number of hydrogen-bond acceptors (Lipinski definition) is 7. The summed E-state index contributed by atoms with van der Waals surface area (Å²) in [5.74, 6) is 3.07. The van der Waals surface area contributed by atoms with Gasteiger partial charge in [-0.2, -0.15) is 0 Å². The number of rotatable bonds is 16. The van der Waals surface area contributed by atoms with E-state index in [-0.39, 0.29) is 0 Å². The standard InChI is InChI=1S/C34H46N2O5/c1-5-36(24-25-8-14-30(15-9-25)41-19-17-35-16-6-7-18-38-2)32-23-34(40-4)33(39-3)22-31(32)28-11-10-27-21-29(37)13-12-26(27)20-28/h8-9,12-15,21-23,28,35,37H,5-7,10-11,16-20,24H2,1-4H3. The van der Waals surface area contributed by atoms with Crippen LogP contribution < -0.4 is 24.4 Å². The van der Waals surface area contributed by atoms with E-state index < -0.39 is 0 Å². The molecule has 4 rings (SSSR count). The molecule has 41 heavy (non-hydrogen) atoms. The highest BCUT2D eigenvalue weighted by atomic mass is 16.5. The maximum absolute atomic E-state index is 9.95. The molecule has 0 radical (unpaired) electrons. The van der Waals surface area contributed by atoms with Gasteiger partial charge in [-0.25, -0.2) is 0 Å². The van der Waals surface area contributed by atoms with Crippen LogP contribution in [0.3, 0.4) is 0 Å². The fourth-order valence-corrected chi connectivity index (χ4v) is 5.63. The number of phenolic OH excluding ortho intramolecular Hbond substituents is 1. The molecule has 7 nitrogen and oxygen atoms in total. The van der Waals surface area contributed by atoms with Gasteiger partial charge in [0.05, 0.1) is 14.2 Å². The summed E-state index contributed by atoms with van der Waals surface area (Å²) in [6.45, 7) is 7.09. The van der Waals surface area contributed by atoms with E-state index >= 15 is 0 Å². The molecule has 1 unspecified atom stereocenters. The first kappa shape index (κ1) is 30.5. The molecule has 2 N–H and O–H groups in total. The molecule has 0 fully saturated rings. The van der Waals surface area contributed by atoms with Gasteiger partial charge in [-0.1, -0.05) is 18.2 Å². The molecule has 0 saturated carbocycles. The molecule has 0 aromatic heterocycles. The van der Waals surface area contributed by atoms with E-state index in [4.69, 9.17) is 18.9 Å². The van der Waals surface area contributed by atoms with Crippen LogP contribution in [0.2, 0.25) is 0 Å². The van der Waals surface area contributed by atoms with Crippen molar-refractivity contribution in [2.24, 2.45) is 0 Å². The van der Waals surface area contributed by atoms with Crippen LogP contribution in [0.1, 0.15) is 54.4 Å². The Labute approximate surface area is 245 Å². The average Bonchev–Trinajstić information content (AvgIpc) is 3.01. The summed E-state index contributed by atoms with van der Waals surface area (Å²) in [4.78, 5) is 2.41. The first-order valence-corrected chi connectivity index (χ1v) is 14.8. The van der Waals surface area contributed by atoms with Gasteiger partial charge in [-0.05, 0) is 104 Å². The Morgan fingerprint density at radius 2 is 1.66 bits per heavy atom. The van der Waals surface area contributed by atoms with Crippen molar-refractivity contribution in [3.63, 3.8) is 0 Å². The summed E-state index contributed by atoms with van der Waals surface area (Å²) in [6.07, 6.45) is 5.08. The zero-order valence-electron chi connectivity index (χ0n) is 25.1. The largest absolute Gasteiger partial charge is 0.508 e. The molecule has 0 bridgehead atoms. The van der Waals surface area contributed by atoms with Crippen molar-refractivity contribution in [1.29, 1.82) is 0 Å². The van der Waals surface area contributed by atoms with Crippen LogP contribution >= 0.6 is 0 Å². The molecule has 1 aliphatic carbocycles. The number of hydrogen-bond donors (Lipinski definition) is 2. The van der Waals surface area contributed by atoms with Crippen molar-refractivity contribution in [3.8, 4) is 23.0 Å². The van der Waals surface area contributed by atoms with Crippen molar-refractivity contribution >= 4 is 5.69 Å². The Hall–Kier alpha value is -3.42. The van der Waals surface area contributed by atoms with Crippen LogP contribution in [-0.2, 0) is 24.1 Å². The molecular weight excluding hydrogens is 516 g/mol. The smallest absolute Gasteiger partial charge is 0.162 e. The predicted molar refractivity (Wildman–Crippen MR) is 165 cm³/mol. The van der Waals surface area contributed by atoms with E-state index in [0.29, 0.717) is 18.3 Å². The maximum Gasteiger partial charge on any atom is 0.162 e. The van der Waals surface area contributed by atoms with Crippen molar-refractivity contribution in [3.05, 3.63) is 76.9 Å². The second-order valence-electron chi connectivity index (χ2n) is 10.6. The van der Waals surface area contributed by atoms with E-state index in [1.54, 1.807) is 27.4 Å². The first-order valence-electron chi connectivity index (χ1n) is 14.8. The molecule has 3 aromatic carbocycles. The van der Waals surface area contributed by atoms with E-state index in [9.17, 15) is 5.11 Å². The van der Waals surface area contributed by atoms with Gasteiger partial charge in [0, 0.05) is 45.1 Å². The average molecular weight is 563 g/mol. The van der Waals surface area contributed by atoms with Crippen LogP contribution in [0, 0.1) is 0 Å². The lowest BCUT2D eigenvalue weighted by Gasteiger charge is -2.32. The number of phenols is 1. The number of unbranched alkanes of at least 4 members (excludes halogenated alkanes) is 1. The Balaban J connectivity index is 1.45. The molecule has 0 heterocycles. The quantitative estimate of drug-likeness (QED) is 0.204. The number of nitrogens with zero attached hydrogens (tertiary/aromatic N) is 1. The molecular formula is C34H46N2O5. The van der Waals surface area contributed by atoms with Gasteiger partial charge in [0.2, 0.25) is 0 Å². The van der Waals surface area contributed by atoms with Gasteiger partial charge in [-0.15, -0.1) is 0 Å². The highest BCUT2D eigenvalue weighted by molar-refractivity contribution is 5.64. The minimum Gasteiger partial charge on any atom is -0.508 e. The van der Waals surface area contributed by atoms with Gasteiger partial charge < -0.3 is 34.3 Å². The zero-order valence-corrected chi connectivity index (χ0v) is 25.1. The van der Waals surface area contributed by atoms with Gasteiger partial charge in [0.25, 0.3) is 0 Å². The van der Waals surface area contributed by atoms with Crippen LogP contribution in [0.5, 0.6) is 23.0 Å². The summed E-state index contributed by atoms with van der Waals surface area (Å²) in [7, 11) is 5.13. The Morgan fingerprint density at radius 1 is 0.878 bits per heavy atom. The number of benzene rings is 3. The van der Waals surface area contributed by atoms with E-state index in [0.717, 1.165) is 82.1 Å². The molecule has 7 heteroatoms. The summed E-state index contributed by atoms with van der Waals surface area (Å²) in [5, 5.41) is 13.4. The normalized spacial score (nSPS) is 14.4. The van der Waals surface area contributed by atoms with Crippen LogP contribution in [0.25, 0.3) is 0 Å². The van der Waals surface area contributed by atoms with Gasteiger partial charge in [0.1, 0.15) is 18.1 Å². The van der Waals surface area contributed by atoms with Crippen molar-refractivity contribution in [2.45, 2.75) is 51.5 Å². The fraction of sp³-hybridized carbons (Fsp3) is 0.471. The predicted octanol–water partition coefficient (Wildman–Crippen LogP) is 6.10. The maximum atomic E-state index is 9.95. The lowest BCUT2D eigenvalue weighted by Crippen LogP contribution is -2.25. The summed E-state index contributed by atoms with van der Waals surface area (Å²) < 4.78 is 22.5. The molecule has 0 aliphatic heterocycles. The monoisotopic (exact) mass is 562 g/mol. The highest BCUT2D eigenvalue weighted by Gasteiger charge is 2.26. The number of aryl methyl sites for hydroxylation is 1. The third-order valence-electron chi connectivity index (χ3n) is 7.91. The molecule has 0 spiro atoms. The zero-order chi connectivity index (χ0) is 29.0. The number of anilines is 1. The van der Waals surface area contributed by atoms with E-state index in [1.165, 1.54) is 27.9 Å². The number of nitrogens with one attached hydrogen (secondary N) is 1. The summed E-state index contributed by atoms with van der Waals surface area (Å²) >= 11 is 0. The Bertz CT molecular complexity index is 1230. The lowest BCUT2D eigenvalue weighted by atomic mass is 9.79. The third-order valence-corrected chi connectivity index (χ3v) is 7.91. The second kappa shape index (κ2) is 15.5. The summed E-state index contributed by atoms with van der Waals surface area (Å²) in [5.41, 5.74) is 6.23. The van der Waals surface area contributed by atoms with Crippen LogP contribution in [0.15, 0.2) is 54.6 Å². The minimum atomic E-state index is 0.341. The van der Waals surface area contributed by atoms with Crippen molar-refractivity contribution < 1.29 is 24.1 Å². The number of aromatic hydroxyl groups is 1. The van der Waals surface area contributed by atoms with Crippen LogP contribution in [-0.4, -0.2) is 59.3 Å². The van der Waals surface area contributed by atoms with Crippen LogP contribution in [0.4, 0.5) is 5.69 Å². The number of methoxy groups -OCH3 is 3. The first-order chi connectivity index (χ1) is 20.1. The third kappa shape index (κ3) is 8.30. The molecule has 222 valence electrons. The summed E-state index contributed by atoms with van der Waals surface area (Å²) in [6, 6.07) is 18.5. The van der Waals surface area contributed by atoms with Gasteiger partial charge in [-0.3, -0.25) is 0 Å². The molecule has 1 aliphatic rings. The fourth-order valence-electron chi connectivity index (χ4n) is 5.63. The van der Waals surface area contributed by atoms with Gasteiger partial charge in [0.15, 0.2) is 11.5 Å². The number of fused-ring (bicyclic) bond motifs is 1. The molecule has 0 saturated heterocycles. The Kier molecular flexibility index (Phi) is 11.6. The lowest BCUT2D eigenvalue weighted by molar-refractivity contribution is 0.192. The number of ether oxygens (including phenoxy) is 4. The minimum absolute atomic E-state index is 0.341. The highest BCUT2D eigenvalue weighted by Crippen LogP contribution is 2.43. The topological polar surface area (TPSA) is 72.4 Å². The molecule has 3 aromatic rings. The van der Waals surface area contributed by atoms with Gasteiger partial charge >= 0.3 is 0 Å². The molecule has 0 amide bonds. The van der Waals surface area contributed by atoms with E-state index in [1.807, 2.05) is 6.07 Å². The van der Waals surface area contributed by atoms with Crippen molar-refractivity contribution in [2.75, 3.05) is 59.1 Å². The Morgan fingerprint density at radius 3 is 2.39 bits per heavy atom. The SMILES string of the molecule is CCN(Cc1ccc(OCCNCCCCOC)cc1)c1cc(OC)c(OC)cc1C1CCc2cc(O)ccc2C1. The molecule has 1 atom stereocenters. The van der Waals surface area contributed by atoms with E-state index in [2.05, 4.69) is 59.6 Å².